The Bertz CT molecular complexity index is 291. The fourth-order valence-corrected chi connectivity index (χ4v) is 1.91. The molecule has 0 spiro atoms. The Morgan fingerprint density at radius 2 is 2.12 bits per heavy atom. The molecule has 1 aliphatic heterocycles. The van der Waals surface area contributed by atoms with Crippen LogP contribution in [0.15, 0.2) is 0 Å². The maximum Gasteiger partial charge on any atom is 0.399 e. The van der Waals surface area contributed by atoms with Gasteiger partial charge in [-0.05, 0) is 13.8 Å². The largest absolute Gasteiger partial charge is 0.399 e. The van der Waals surface area contributed by atoms with Crippen molar-refractivity contribution in [2.24, 2.45) is 11.7 Å². The molecule has 1 heterocycles. The van der Waals surface area contributed by atoms with Crippen molar-refractivity contribution in [2.45, 2.75) is 25.6 Å². The number of alkyl halides is 3. The van der Waals surface area contributed by atoms with Crippen LogP contribution in [0.3, 0.4) is 0 Å². The van der Waals surface area contributed by atoms with Crippen LogP contribution in [0.5, 0.6) is 0 Å². The highest BCUT2D eigenvalue weighted by atomic mass is 19.4. The van der Waals surface area contributed by atoms with Crippen molar-refractivity contribution in [2.75, 3.05) is 26.2 Å². The topological polar surface area (TPSA) is 62.3 Å². The zero-order valence-electron chi connectivity index (χ0n) is 9.97. The minimum absolute atomic E-state index is 0.272. The zero-order chi connectivity index (χ0) is 13.3. The summed E-state index contributed by atoms with van der Waals surface area (Å²) in [6.07, 6.45) is -4.46. The summed E-state index contributed by atoms with van der Waals surface area (Å²) < 4.78 is 43.3. The molecule has 100 valence electrons. The first-order chi connectivity index (χ1) is 7.62. The summed E-state index contributed by atoms with van der Waals surface area (Å²) in [5.41, 5.74) is 4.56. The summed E-state index contributed by atoms with van der Waals surface area (Å²) >= 11 is 0. The van der Waals surface area contributed by atoms with Crippen LogP contribution in [0.4, 0.5) is 13.2 Å². The van der Waals surface area contributed by atoms with E-state index < -0.39 is 23.5 Å². The van der Waals surface area contributed by atoms with Gasteiger partial charge in [0, 0.05) is 19.6 Å². The third-order valence-corrected chi connectivity index (χ3v) is 2.72. The van der Waals surface area contributed by atoms with Gasteiger partial charge in [-0.15, -0.1) is 0 Å². The van der Waals surface area contributed by atoms with Crippen molar-refractivity contribution in [3.8, 4) is 0 Å². The molecule has 7 heteroatoms. The Kier molecular flexibility index (Phi) is 4.03. The summed E-state index contributed by atoms with van der Waals surface area (Å²) in [6, 6.07) is 0. The molecule has 1 aliphatic rings. The van der Waals surface area contributed by atoms with Crippen molar-refractivity contribution in [3.05, 3.63) is 0 Å². The molecule has 0 aromatic rings. The molecular weight excluding hydrogens is 235 g/mol. The van der Waals surface area contributed by atoms with Crippen molar-refractivity contribution >= 4 is 5.84 Å². The van der Waals surface area contributed by atoms with E-state index in [9.17, 15) is 13.2 Å². The van der Waals surface area contributed by atoms with Crippen molar-refractivity contribution in [1.82, 2.24) is 4.90 Å². The van der Waals surface area contributed by atoms with Crippen LogP contribution in [0, 0.1) is 11.3 Å². The smallest absolute Gasteiger partial charge is 0.387 e. The van der Waals surface area contributed by atoms with E-state index in [1.807, 2.05) is 13.8 Å². The van der Waals surface area contributed by atoms with E-state index in [1.54, 1.807) is 4.90 Å². The van der Waals surface area contributed by atoms with E-state index in [4.69, 9.17) is 15.9 Å². The van der Waals surface area contributed by atoms with Gasteiger partial charge in [0.05, 0.1) is 12.2 Å². The quantitative estimate of drug-likeness (QED) is 0.587. The minimum Gasteiger partial charge on any atom is -0.387 e. The first-order valence-electron chi connectivity index (χ1n) is 5.39. The van der Waals surface area contributed by atoms with Crippen molar-refractivity contribution in [1.29, 1.82) is 5.41 Å². The SMILES string of the molecule is CC1(C)CN(CC(C(=N)N)C(F)(F)F)CCO1. The summed E-state index contributed by atoms with van der Waals surface area (Å²) in [4.78, 5) is 1.64. The molecule has 0 aromatic heterocycles. The summed E-state index contributed by atoms with van der Waals surface area (Å²) in [5, 5.41) is 7.02. The number of hydrogen-bond donors (Lipinski definition) is 2. The maximum absolute atomic E-state index is 12.6. The number of ether oxygens (including phenoxy) is 1. The Hall–Kier alpha value is -0.820. The van der Waals surface area contributed by atoms with E-state index in [1.165, 1.54) is 0 Å². The highest BCUT2D eigenvalue weighted by molar-refractivity contribution is 5.80. The summed E-state index contributed by atoms with van der Waals surface area (Å²) in [7, 11) is 0. The van der Waals surface area contributed by atoms with Gasteiger partial charge in [-0.2, -0.15) is 13.2 Å². The molecule has 0 aliphatic carbocycles. The van der Waals surface area contributed by atoms with Crippen LogP contribution >= 0.6 is 0 Å². The summed E-state index contributed by atoms with van der Waals surface area (Å²) in [6.45, 7) is 4.63. The normalized spacial score (nSPS) is 23.4. The number of halogens is 3. The number of amidine groups is 1. The molecule has 0 amide bonds. The molecule has 0 radical (unpaired) electrons. The highest BCUT2D eigenvalue weighted by Gasteiger charge is 2.43. The molecule has 0 saturated carbocycles. The number of nitrogens with one attached hydrogen (secondary N) is 1. The lowest BCUT2D eigenvalue weighted by atomic mass is 10.0. The fourth-order valence-electron chi connectivity index (χ4n) is 1.91. The molecule has 1 saturated heterocycles. The molecule has 17 heavy (non-hydrogen) atoms. The van der Waals surface area contributed by atoms with Gasteiger partial charge in [0.25, 0.3) is 0 Å². The maximum atomic E-state index is 12.6. The predicted molar refractivity (Wildman–Crippen MR) is 57.9 cm³/mol. The molecule has 4 nitrogen and oxygen atoms in total. The van der Waals surface area contributed by atoms with Crippen LogP contribution in [0.25, 0.3) is 0 Å². The van der Waals surface area contributed by atoms with Gasteiger partial charge in [0.15, 0.2) is 0 Å². The monoisotopic (exact) mass is 253 g/mol. The Balaban J connectivity index is 2.65. The number of nitrogens with two attached hydrogens (primary N) is 1. The lowest BCUT2D eigenvalue weighted by molar-refractivity contribution is -0.167. The Morgan fingerprint density at radius 3 is 2.53 bits per heavy atom. The lowest BCUT2D eigenvalue weighted by Gasteiger charge is -2.39. The first kappa shape index (κ1) is 14.2. The standard InChI is InChI=1S/C10H18F3N3O/c1-9(2)6-16(3-4-17-9)5-7(8(14)15)10(11,12)13/h7H,3-6H2,1-2H3,(H3,14,15). The molecule has 1 rings (SSSR count). The third-order valence-electron chi connectivity index (χ3n) is 2.72. The molecular formula is C10H18F3N3O. The van der Waals surface area contributed by atoms with Gasteiger partial charge in [-0.25, -0.2) is 0 Å². The average Bonchev–Trinajstić information content (AvgIpc) is 2.10. The molecule has 0 aromatic carbocycles. The number of morpholine rings is 1. The molecule has 1 atom stereocenters. The second-order valence-electron chi connectivity index (χ2n) is 4.89. The number of nitrogens with zero attached hydrogens (tertiary/aromatic N) is 1. The van der Waals surface area contributed by atoms with Gasteiger partial charge >= 0.3 is 6.18 Å². The van der Waals surface area contributed by atoms with Crippen LogP contribution in [0.1, 0.15) is 13.8 Å². The Morgan fingerprint density at radius 1 is 1.53 bits per heavy atom. The fraction of sp³-hybridized carbons (Fsp3) is 0.900. The second-order valence-corrected chi connectivity index (χ2v) is 4.89. The van der Waals surface area contributed by atoms with Crippen LogP contribution in [-0.4, -0.2) is 48.8 Å². The molecule has 1 unspecified atom stereocenters. The average molecular weight is 253 g/mol. The minimum atomic E-state index is -4.46. The lowest BCUT2D eigenvalue weighted by Crippen LogP contribution is -2.52. The molecule has 3 N–H and O–H groups in total. The van der Waals surface area contributed by atoms with Gasteiger partial charge in [-0.1, -0.05) is 0 Å². The van der Waals surface area contributed by atoms with Gasteiger partial charge < -0.3 is 10.5 Å². The molecule has 1 fully saturated rings. The van der Waals surface area contributed by atoms with E-state index in [0.29, 0.717) is 19.7 Å². The van der Waals surface area contributed by atoms with E-state index in [2.05, 4.69) is 0 Å². The van der Waals surface area contributed by atoms with E-state index >= 15 is 0 Å². The Labute approximate surface area is 98.4 Å². The first-order valence-corrected chi connectivity index (χ1v) is 5.39. The van der Waals surface area contributed by atoms with Gasteiger partial charge in [-0.3, -0.25) is 10.3 Å². The predicted octanol–water partition coefficient (Wildman–Crippen LogP) is 1.21. The second kappa shape index (κ2) is 4.81. The highest BCUT2D eigenvalue weighted by Crippen LogP contribution is 2.28. The van der Waals surface area contributed by atoms with Gasteiger partial charge in [0.1, 0.15) is 11.8 Å². The van der Waals surface area contributed by atoms with Crippen LogP contribution in [0.2, 0.25) is 0 Å². The van der Waals surface area contributed by atoms with Crippen molar-refractivity contribution in [3.63, 3.8) is 0 Å². The zero-order valence-corrected chi connectivity index (χ0v) is 9.97. The van der Waals surface area contributed by atoms with Crippen molar-refractivity contribution < 1.29 is 17.9 Å². The third kappa shape index (κ3) is 4.16. The number of rotatable bonds is 3. The number of hydrogen-bond acceptors (Lipinski definition) is 3. The van der Waals surface area contributed by atoms with Crippen LogP contribution in [-0.2, 0) is 4.74 Å². The van der Waals surface area contributed by atoms with Crippen LogP contribution < -0.4 is 5.73 Å². The van der Waals surface area contributed by atoms with E-state index in [0.717, 1.165) is 0 Å². The molecule has 0 bridgehead atoms. The van der Waals surface area contributed by atoms with Gasteiger partial charge in [0.2, 0.25) is 0 Å². The van der Waals surface area contributed by atoms with E-state index in [-0.39, 0.29) is 6.54 Å². The summed E-state index contributed by atoms with van der Waals surface area (Å²) in [5.74, 6) is -2.72.